The van der Waals surface area contributed by atoms with E-state index in [2.05, 4.69) is 41.5 Å². The summed E-state index contributed by atoms with van der Waals surface area (Å²) < 4.78 is 17.1. The molecule has 2 amide bonds. The van der Waals surface area contributed by atoms with Crippen molar-refractivity contribution in [3.8, 4) is 11.5 Å². The highest BCUT2D eigenvalue weighted by Gasteiger charge is 2.31. The number of fused-ring (bicyclic) bond motifs is 2. The fraction of sp³-hybridized carbons (Fsp3) is 0.414. The highest BCUT2D eigenvalue weighted by molar-refractivity contribution is 6.08. The molecule has 7 nitrogen and oxygen atoms in total. The Morgan fingerprint density at radius 1 is 1.00 bits per heavy atom. The van der Waals surface area contributed by atoms with Crippen molar-refractivity contribution in [3.63, 3.8) is 0 Å². The summed E-state index contributed by atoms with van der Waals surface area (Å²) >= 11 is 0. The van der Waals surface area contributed by atoms with E-state index in [0.29, 0.717) is 18.0 Å². The largest absolute Gasteiger partial charge is 0.495 e. The lowest BCUT2D eigenvalue weighted by atomic mass is 9.86. The van der Waals surface area contributed by atoms with Gasteiger partial charge in [0.25, 0.3) is 0 Å². The molecule has 7 heteroatoms. The highest BCUT2D eigenvalue weighted by Crippen LogP contribution is 2.43. The molecule has 2 N–H and O–H groups in total. The van der Waals surface area contributed by atoms with Crippen molar-refractivity contribution in [2.45, 2.75) is 32.1 Å². The summed E-state index contributed by atoms with van der Waals surface area (Å²) in [7, 11) is 1.64. The van der Waals surface area contributed by atoms with Crippen molar-refractivity contribution in [1.82, 2.24) is 4.90 Å². The van der Waals surface area contributed by atoms with Gasteiger partial charge in [-0.2, -0.15) is 0 Å². The molecule has 0 atom stereocenters. The number of benzene rings is 3. The van der Waals surface area contributed by atoms with Gasteiger partial charge in [-0.15, -0.1) is 0 Å². The number of urea groups is 1. The monoisotopic (exact) mass is 489 g/mol. The van der Waals surface area contributed by atoms with E-state index in [9.17, 15) is 4.79 Å². The Kier molecular flexibility index (Phi) is 7.03. The lowest BCUT2D eigenvalue weighted by Gasteiger charge is -2.26. The molecule has 3 aromatic carbocycles. The third-order valence-corrected chi connectivity index (χ3v) is 7.32. The highest BCUT2D eigenvalue weighted by atomic mass is 16.5. The maximum absolute atomic E-state index is 13.1. The van der Waals surface area contributed by atoms with Crippen molar-refractivity contribution in [2.24, 2.45) is 0 Å². The number of carbonyl (C=O) groups excluding carboxylic acids is 1. The smallest absolute Gasteiger partial charge is 0.323 e. The predicted molar refractivity (Wildman–Crippen MR) is 144 cm³/mol. The summed E-state index contributed by atoms with van der Waals surface area (Å²) in [4.78, 5) is 15.4. The molecule has 0 radical (unpaired) electrons. The minimum atomic E-state index is -0.310. The van der Waals surface area contributed by atoms with E-state index in [4.69, 9.17) is 14.2 Å². The summed E-state index contributed by atoms with van der Waals surface area (Å²) in [6.07, 6.45) is 2.12. The van der Waals surface area contributed by atoms with Crippen molar-refractivity contribution in [1.29, 1.82) is 0 Å². The number of rotatable bonds is 7. The van der Waals surface area contributed by atoms with Crippen molar-refractivity contribution < 1.29 is 19.0 Å². The number of ether oxygens (including phenoxy) is 3. The topological polar surface area (TPSA) is 72.1 Å². The van der Waals surface area contributed by atoms with Crippen LogP contribution in [0.4, 0.5) is 16.2 Å². The van der Waals surface area contributed by atoms with Crippen LogP contribution < -0.4 is 20.1 Å². The summed E-state index contributed by atoms with van der Waals surface area (Å²) in [5.74, 6) is 1.49. The van der Waals surface area contributed by atoms with Crippen LogP contribution in [0.1, 0.15) is 31.4 Å². The van der Waals surface area contributed by atoms with Gasteiger partial charge in [-0.1, -0.05) is 38.1 Å². The number of carbonyl (C=O) groups is 1. The number of methoxy groups -OCH3 is 1. The molecule has 1 heterocycles. The predicted octanol–water partition coefficient (Wildman–Crippen LogP) is 5.43. The Labute approximate surface area is 212 Å². The van der Waals surface area contributed by atoms with Gasteiger partial charge in [-0.25, -0.2) is 4.79 Å². The summed E-state index contributed by atoms with van der Waals surface area (Å²) in [5.41, 5.74) is 4.04. The quantitative estimate of drug-likeness (QED) is 0.463. The molecule has 0 spiro atoms. The number of hydrogen-bond acceptors (Lipinski definition) is 5. The Hall–Kier alpha value is -3.29. The molecule has 1 aliphatic heterocycles. The third-order valence-electron chi connectivity index (χ3n) is 7.32. The van der Waals surface area contributed by atoms with Gasteiger partial charge in [-0.3, -0.25) is 4.90 Å². The van der Waals surface area contributed by atoms with Gasteiger partial charge in [-0.05, 0) is 53.6 Å². The minimum Gasteiger partial charge on any atom is -0.495 e. The Morgan fingerprint density at radius 2 is 1.75 bits per heavy atom. The molecule has 0 saturated carbocycles. The Balaban J connectivity index is 1.30. The first-order valence-corrected chi connectivity index (χ1v) is 12.7. The Morgan fingerprint density at radius 3 is 2.53 bits per heavy atom. The second-order valence-corrected chi connectivity index (χ2v) is 10.1. The number of aryl methyl sites for hydroxylation is 1. The first-order valence-electron chi connectivity index (χ1n) is 12.7. The molecule has 2 aliphatic rings. The molecule has 1 fully saturated rings. The molecule has 5 rings (SSSR count). The van der Waals surface area contributed by atoms with Gasteiger partial charge in [0.15, 0.2) is 0 Å². The van der Waals surface area contributed by atoms with Crippen LogP contribution in [0.5, 0.6) is 11.5 Å². The molecule has 1 aliphatic carbocycles. The molecule has 190 valence electrons. The van der Waals surface area contributed by atoms with E-state index in [1.165, 1.54) is 11.1 Å². The van der Waals surface area contributed by atoms with Crippen molar-refractivity contribution in [3.05, 3.63) is 59.7 Å². The summed E-state index contributed by atoms with van der Waals surface area (Å²) in [5, 5.41) is 7.93. The fourth-order valence-electron chi connectivity index (χ4n) is 5.20. The number of morpholine rings is 1. The SMILES string of the molecule is COc1cc2c(cc1NC(=O)Nc1ccc(OCCN3CCOCC3)c3ccccc13)C(C)(C)CC2. The first kappa shape index (κ1) is 24.4. The van der Waals surface area contributed by atoms with E-state index in [0.717, 1.165) is 67.9 Å². The Bertz CT molecular complexity index is 1250. The summed E-state index contributed by atoms with van der Waals surface area (Å²) in [6.45, 7) is 9.38. The van der Waals surface area contributed by atoms with Crippen LogP contribution >= 0.6 is 0 Å². The van der Waals surface area contributed by atoms with Gasteiger partial charge in [0.1, 0.15) is 18.1 Å². The second-order valence-electron chi connectivity index (χ2n) is 10.1. The maximum atomic E-state index is 13.1. The van der Waals surface area contributed by atoms with Crippen molar-refractivity contribution >= 4 is 28.2 Å². The standard InChI is InChI=1S/C29H35N3O4/c1-29(2)11-10-20-18-27(34-3)25(19-23(20)29)31-28(33)30-24-8-9-26(22-7-5-4-6-21(22)24)36-17-14-32-12-15-35-16-13-32/h4-9,18-19H,10-17H2,1-3H3,(H2,30,31,33). The molecule has 0 aromatic heterocycles. The third kappa shape index (κ3) is 5.13. The van der Waals surface area contributed by atoms with Crippen LogP contribution in [0, 0.1) is 0 Å². The normalized spacial score (nSPS) is 17.0. The van der Waals surface area contributed by atoms with Crippen LogP contribution in [-0.4, -0.2) is 57.5 Å². The van der Waals surface area contributed by atoms with Crippen LogP contribution in [0.2, 0.25) is 0 Å². The molecule has 3 aromatic rings. The van der Waals surface area contributed by atoms with Gasteiger partial charge in [0.2, 0.25) is 0 Å². The second kappa shape index (κ2) is 10.4. The first-order chi connectivity index (χ1) is 17.4. The van der Waals surface area contributed by atoms with Crippen LogP contribution in [0.25, 0.3) is 10.8 Å². The molecule has 1 saturated heterocycles. The van der Waals surface area contributed by atoms with E-state index < -0.39 is 0 Å². The average Bonchev–Trinajstić information content (AvgIpc) is 3.18. The molecule has 0 unspecified atom stereocenters. The maximum Gasteiger partial charge on any atom is 0.323 e. The zero-order valence-corrected chi connectivity index (χ0v) is 21.4. The van der Waals surface area contributed by atoms with Gasteiger partial charge >= 0.3 is 6.03 Å². The van der Waals surface area contributed by atoms with Gasteiger partial charge in [0.05, 0.1) is 31.7 Å². The number of amides is 2. The zero-order chi connectivity index (χ0) is 25.1. The van der Waals surface area contributed by atoms with E-state index in [1.54, 1.807) is 7.11 Å². The fourth-order valence-corrected chi connectivity index (χ4v) is 5.20. The van der Waals surface area contributed by atoms with E-state index in [-0.39, 0.29) is 11.4 Å². The van der Waals surface area contributed by atoms with E-state index in [1.807, 2.05) is 36.4 Å². The molecular formula is C29H35N3O4. The average molecular weight is 490 g/mol. The summed E-state index contributed by atoms with van der Waals surface area (Å²) in [6, 6.07) is 15.6. The zero-order valence-electron chi connectivity index (χ0n) is 21.4. The van der Waals surface area contributed by atoms with Crippen molar-refractivity contribution in [2.75, 3.05) is 57.2 Å². The molecular weight excluding hydrogens is 454 g/mol. The van der Waals surface area contributed by atoms with Gasteiger partial charge < -0.3 is 24.8 Å². The van der Waals surface area contributed by atoms with Crippen LogP contribution in [-0.2, 0) is 16.6 Å². The molecule has 0 bridgehead atoms. The van der Waals surface area contributed by atoms with Gasteiger partial charge in [0, 0.05) is 30.4 Å². The number of hydrogen-bond donors (Lipinski definition) is 2. The lowest BCUT2D eigenvalue weighted by molar-refractivity contribution is 0.0323. The minimum absolute atomic E-state index is 0.0856. The van der Waals surface area contributed by atoms with E-state index >= 15 is 0 Å². The molecule has 36 heavy (non-hydrogen) atoms. The van der Waals surface area contributed by atoms with Crippen LogP contribution in [0.3, 0.4) is 0 Å². The van der Waals surface area contributed by atoms with Crippen LogP contribution in [0.15, 0.2) is 48.5 Å². The number of nitrogens with one attached hydrogen (secondary N) is 2. The number of nitrogens with zero attached hydrogens (tertiary/aromatic N) is 1. The lowest BCUT2D eigenvalue weighted by Crippen LogP contribution is -2.38. The number of anilines is 2.